The molecular weight excluding hydrogens is 188 g/mol. The van der Waals surface area contributed by atoms with Crippen molar-refractivity contribution in [1.82, 2.24) is 0 Å². The standard InChI is InChI=1S/C13H14O2/c1-10(4-5-11(2)14)12-6-8-13(15-3)9-7-12/h4-9,14H,1-2H2,3H3/b5-4-. The van der Waals surface area contributed by atoms with Gasteiger partial charge >= 0.3 is 0 Å². The fourth-order valence-electron chi connectivity index (χ4n) is 1.10. The molecule has 0 radical (unpaired) electrons. The fourth-order valence-corrected chi connectivity index (χ4v) is 1.10. The van der Waals surface area contributed by atoms with E-state index in [2.05, 4.69) is 13.2 Å². The van der Waals surface area contributed by atoms with Crippen LogP contribution in [0.1, 0.15) is 5.56 Å². The number of aliphatic hydroxyl groups is 1. The van der Waals surface area contributed by atoms with Crippen LogP contribution in [0.4, 0.5) is 0 Å². The molecule has 0 aliphatic carbocycles. The van der Waals surface area contributed by atoms with Crippen molar-refractivity contribution >= 4 is 5.57 Å². The molecule has 0 aromatic heterocycles. The Morgan fingerprint density at radius 2 is 1.80 bits per heavy atom. The first-order chi connectivity index (χ1) is 7.13. The molecule has 1 rings (SSSR count). The van der Waals surface area contributed by atoms with E-state index in [4.69, 9.17) is 9.84 Å². The first kappa shape index (κ1) is 11.1. The molecule has 0 aliphatic heterocycles. The van der Waals surface area contributed by atoms with Gasteiger partial charge in [-0.05, 0) is 29.3 Å². The minimum atomic E-state index is 0.0182. The molecule has 1 aromatic carbocycles. The zero-order valence-corrected chi connectivity index (χ0v) is 8.73. The van der Waals surface area contributed by atoms with Gasteiger partial charge in [0.2, 0.25) is 0 Å². The van der Waals surface area contributed by atoms with Crippen LogP contribution in [0, 0.1) is 0 Å². The summed E-state index contributed by atoms with van der Waals surface area (Å²) in [6.07, 6.45) is 3.22. The highest BCUT2D eigenvalue weighted by molar-refractivity contribution is 5.72. The highest BCUT2D eigenvalue weighted by Crippen LogP contribution is 2.18. The number of hydrogen-bond acceptors (Lipinski definition) is 2. The Morgan fingerprint density at radius 3 is 2.27 bits per heavy atom. The van der Waals surface area contributed by atoms with Crippen LogP contribution >= 0.6 is 0 Å². The zero-order chi connectivity index (χ0) is 11.3. The summed E-state index contributed by atoms with van der Waals surface area (Å²) in [5.41, 5.74) is 1.79. The number of aliphatic hydroxyl groups excluding tert-OH is 1. The van der Waals surface area contributed by atoms with Gasteiger partial charge in [0, 0.05) is 0 Å². The van der Waals surface area contributed by atoms with Gasteiger partial charge in [-0.15, -0.1) is 0 Å². The molecule has 0 saturated carbocycles. The molecule has 0 saturated heterocycles. The summed E-state index contributed by atoms with van der Waals surface area (Å²) < 4.78 is 5.05. The van der Waals surface area contributed by atoms with Gasteiger partial charge in [0.15, 0.2) is 0 Å². The van der Waals surface area contributed by atoms with Crippen molar-refractivity contribution in [2.75, 3.05) is 7.11 Å². The monoisotopic (exact) mass is 202 g/mol. The van der Waals surface area contributed by atoms with E-state index in [1.54, 1.807) is 13.2 Å². The predicted octanol–water partition coefficient (Wildman–Crippen LogP) is 3.34. The van der Waals surface area contributed by atoms with Crippen LogP contribution < -0.4 is 4.74 Å². The molecule has 0 aliphatic rings. The first-order valence-corrected chi connectivity index (χ1v) is 4.53. The summed E-state index contributed by atoms with van der Waals surface area (Å²) in [6.45, 7) is 7.23. The molecule has 1 aromatic rings. The average molecular weight is 202 g/mol. The number of rotatable bonds is 4. The Balaban J connectivity index is 2.79. The summed E-state index contributed by atoms with van der Waals surface area (Å²) in [4.78, 5) is 0. The van der Waals surface area contributed by atoms with Crippen LogP contribution in [0.5, 0.6) is 5.75 Å². The van der Waals surface area contributed by atoms with Gasteiger partial charge in [0.25, 0.3) is 0 Å². The van der Waals surface area contributed by atoms with E-state index in [0.717, 1.165) is 16.9 Å². The van der Waals surface area contributed by atoms with Crippen molar-refractivity contribution in [1.29, 1.82) is 0 Å². The van der Waals surface area contributed by atoms with E-state index < -0.39 is 0 Å². The molecule has 1 N–H and O–H groups in total. The van der Waals surface area contributed by atoms with Crippen LogP contribution in [0.3, 0.4) is 0 Å². The van der Waals surface area contributed by atoms with E-state index in [1.165, 1.54) is 6.08 Å². The molecular formula is C13H14O2. The third-order valence-electron chi connectivity index (χ3n) is 1.94. The topological polar surface area (TPSA) is 29.5 Å². The fraction of sp³-hybridized carbons (Fsp3) is 0.0769. The van der Waals surface area contributed by atoms with Crippen LogP contribution in [0.15, 0.2) is 55.3 Å². The molecule has 0 bridgehead atoms. The molecule has 78 valence electrons. The van der Waals surface area contributed by atoms with E-state index in [-0.39, 0.29) is 5.76 Å². The van der Waals surface area contributed by atoms with Gasteiger partial charge in [-0.3, -0.25) is 0 Å². The lowest BCUT2D eigenvalue weighted by Crippen LogP contribution is -1.83. The molecule has 0 spiro atoms. The number of benzene rings is 1. The molecule has 15 heavy (non-hydrogen) atoms. The maximum absolute atomic E-state index is 8.89. The third kappa shape index (κ3) is 3.35. The van der Waals surface area contributed by atoms with Gasteiger partial charge in [-0.2, -0.15) is 0 Å². The van der Waals surface area contributed by atoms with Gasteiger partial charge in [0.1, 0.15) is 11.5 Å². The Bertz CT molecular complexity index is 386. The lowest BCUT2D eigenvalue weighted by molar-refractivity contribution is 0.415. The summed E-state index contributed by atoms with van der Waals surface area (Å²) >= 11 is 0. The quantitative estimate of drug-likeness (QED) is 0.599. The van der Waals surface area contributed by atoms with E-state index in [1.807, 2.05) is 24.3 Å². The number of allylic oxidation sites excluding steroid dienone is 3. The largest absolute Gasteiger partial charge is 0.509 e. The molecule has 0 fully saturated rings. The second kappa shape index (κ2) is 5.05. The second-order valence-corrected chi connectivity index (χ2v) is 3.08. The molecule has 2 heteroatoms. The van der Waals surface area contributed by atoms with Gasteiger partial charge in [-0.25, -0.2) is 0 Å². The van der Waals surface area contributed by atoms with Crippen molar-refractivity contribution in [3.05, 3.63) is 60.9 Å². The Kier molecular flexibility index (Phi) is 3.75. The third-order valence-corrected chi connectivity index (χ3v) is 1.94. The summed E-state index contributed by atoms with van der Waals surface area (Å²) in [6, 6.07) is 7.54. The molecule has 2 nitrogen and oxygen atoms in total. The van der Waals surface area contributed by atoms with E-state index in [9.17, 15) is 0 Å². The average Bonchev–Trinajstić information content (AvgIpc) is 2.26. The van der Waals surface area contributed by atoms with Crippen molar-refractivity contribution in [3.63, 3.8) is 0 Å². The highest BCUT2D eigenvalue weighted by atomic mass is 16.5. The van der Waals surface area contributed by atoms with Crippen LogP contribution in [0.2, 0.25) is 0 Å². The number of methoxy groups -OCH3 is 1. The minimum absolute atomic E-state index is 0.0182. The van der Waals surface area contributed by atoms with Crippen LogP contribution in [-0.4, -0.2) is 12.2 Å². The SMILES string of the molecule is C=C(O)/C=C\C(=C)c1ccc(OC)cc1. The van der Waals surface area contributed by atoms with Gasteiger partial charge in [0.05, 0.1) is 7.11 Å². The lowest BCUT2D eigenvalue weighted by atomic mass is 10.1. The van der Waals surface area contributed by atoms with Crippen molar-refractivity contribution in [3.8, 4) is 5.75 Å². The van der Waals surface area contributed by atoms with Gasteiger partial charge in [-0.1, -0.05) is 31.4 Å². The first-order valence-electron chi connectivity index (χ1n) is 4.53. The molecule has 0 atom stereocenters. The van der Waals surface area contributed by atoms with Crippen molar-refractivity contribution in [2.24, 2.45) is 0 Å². The minimum Gasteiger partial charge on any atom is -0.509 e. The second-order valence-electron chi connectivity index (χ2n) is 3.08. The van der Waals surface area contributed by atoms with E-state index >= 15 is 0 Å². The maximum Gasteiger partial charge on any atom is 0.118 e. The molecule has 0 unspecified atom stereocenters. The summed E-state index contributed by atoms with van der Waals surface area (Å²) in [7, 11) is 1.62. The van der Waals surface area contributed by atoms with E-state index in [0.29, 0.717) is 0 Å². The number of ether oxygens (including phenoxy) is 1. The van der Waals surface area contributed by atoms with Crippen LogP contribution in [0.25, 0.3) is 5.57 Å². The Hall–Kier alpha value is -1.96. The molecule has 0 heterocycles. The Labute approximate surface area is 89.8 Å². The smallest absolute Gasteiger partial charge is 0.118 e. The summed E-state index contributed by atoms with van der Waals surface area (Å²) in [5, 5.41) is 8.89. The highest BCUT2D eigenvalue weighted by Gasteiger charge is 1.95. The summed E-state index contributed by atoms with van der Waals surface area (Å²) in [5.74, 6) is 0.826. The van der Waals surface area contributed by atoms with Crippen LogP contribution in [-0.2, 0) is 0 Å². The van der Waals surface area contributed by atoms with Gasteiger partial charge < -0.3 is 9.84 Å². The normalized spacial score (nSPS) is 10.2. The van der Waals surface area contributed by atoms with Crippen molar-refractivity contribution < 1.29 is 9.84 Å². The van der Waals surface area contributed by atoms with Crippen molar-refractivity contribution in [2.45, 2.75) is 0 Å². The Morgan fingerprint density at radius 1 is 1.20 bits per heavy atom. The molecule has 0 amide bonds. The number of hydrogen-bond donors (Lipinski definition) is 1. The maximum atomic E-state index is 8.89. The zero-order valence-electron chi connectivity index (χ0n) is 8.73. The predicted molar refractivity (Wildman–Crippen MR) is 62.9 cm³/mol. The lowest BCUT2D eigenvalue weighted by Gasteiger charge is -2.02.